The van der Waals surface area contributed by atoms with Crippen molar-refractivity contribution in [1.29, 1.82) is 0 Å². The fourth-order valence-electron chi connectivity index (χ4n) is 2.85. The fraction of sp³-hybridized carbons (Fsp3) is 0.429. The lowest BCUT2D eigenvalue weighted by molar-refractivity contribution is -0.119. The molecular formula is C14H16FN3O2. The first-order valence-corrected chi connectivity index (χ1v) is 6.56. The Morgan fingerprint density at radius 1 is 1.35 bits per heavy atom. The van der Waals surface area contributed by atoms with Crippen LogP contribution >= 0.6 is 0 Å². The molecule has 0 unspecified atom stereocenters. The van der Waals surface area contributed by atoms with Crippen LogP contribution in [0.15, 0.2) is 18.2 Å². The zero-order valence-electron chi connectivity index (χ0n) is 11.4. The van der Waals surface area contributed by atoms with Crippen LogP contribution in [0.25, 0.3) is 0 Å². The molecule has 106 valence electrons. The minimum absolute atomic E-state index is 0.00157. The summed E-state index contributed by atoms with van der Waals surface area (Å²) >= 11 is 0. The molecule has 2 atom stereocenters. The monoisotopic (exact) mass is 277 g/mol. The predicted molar refractivity (Wildman–Crippen MR) is 71.9 cm³/mol. The molecule has 0 bridgehead atoms. The Bertz CT molecular complexity index is 588. The summed E-state index contributed by atoms with van der Waals surface area (Å²) in [5.74, 6) is -1.17. The van der Waals surface area contributed by atoms with Crippen LogP contribution in [0.3, 0.4) is 0 Å². The van der Waals surface area contributed by atoms with E-state index in [-0.39, 0.29) is 29.1 Å². The maximum atomic E-state index is 13.8. The summed E-state index contributed by atoms with van der Waals surface area (Å²) in [6, 6.07) is 3.89. The molecular weight excluding hydrogens is 261 g/mol. The molecule has 3 rings (SSSR count). The number of para-hydroxylation sites is 1. The summed E-state index contributed by atoms with van der Waals surface area (Å²) in [6.07, 6.45) is 0.570. The van der Waals surface area contributed by atoms with Crippen molar-refractivity contribution in [2.45, 2.75) is 18.5 Å². The SMILES string of the molecule is CN(C)[C@@H]1C[C@H]2C(=O)Nc3c(F)cccc3C(=O)N2C1. The Kier molecular flexibility index (Phi) is 2.97. The highest BCUT2D eigenvalue weighted by Crippen LogP contribution is 2.31. The molecule has 0 aromatic heterocycles. The molecule has 0 radical (unpaired) electrons. The fourth-order valence-corrected chi connectivity index (χ4v) is 2.85. The topological polar surface area (TPSA) is 52.7 Å². The van der Waals surface area contributed by atoms with Gasteiger partial charge in [0.25, 0.3) is 5.91 Å². The van der Waals surface area contributed by atoms with Gasteiger partial charge in [0.05, 0.1) is 11.3 Å². The van der Waals surface area contributed by atoms with Crippen LogP contribution in [0.4, 0.5) is 10.1 Å². The summed E-state index contributed by atoms with van der Waals surface area (Å²) in [5, 5.41) is 2.56. The van der Waals surface area contributed by atoms with Crippen molar-refractivity contribution < 1.29 is 14.0 Å². The van der Waals surface area contributed by atoms with Crippen LogP contribution in [0.5, 0.6) is 0 Å². The van der Waals surface area contributed by atoms with Gasteiger partial charge in [0, 0.05) is 12.6 Å². The number of benzene rings is 1. The zero-order valence-corrected chi connectivity index (χ0v) is 11.4. The van der Waals surface area contributed by atoms with Crippen molar-refractivity contribution in [3.8, 4) is 0 Å². The summed E-state index contributed by atoms with van der Waals surface area (Å²) < 4.78 is 13.8. The number of hydrogen-bond donors (Lipinski definition) is 1. The number of hydrogen-bond acceptors (Lipinski definition) is 3. The second-order valence-electron chi connectivity index (χ2n) is 5.48. The van der Waals surface area contributed by atoms with E-state index >= 15 is 0 Å². The lowest BCUT2D eigenvalue weighted by Gasteiger charge is -2.21. The smallest absolute Gasteiger partial charge is 0.256 e. The van der Waals surface area contributed by atoms with Crippen molar-refractivity contribution in [1.82, 2.24) is 9.80 Å². The number of rotatable bonds is 1. The maximum absolute atomic E-state index is 13.8. The van der Waals surface area contributed by atoms with Crippen molar-refractivity contribution in [3.05, 3.63) is 29.6 Å². The molecule has 20 heavy (non-hydrogen) atoms. The highest BCUT2D eigenvalue weighted by Gasteiger charge is 2.43. The third kappa shape index (κ3) is 1.87. The number of amides is 2. The van der Waals surface area contributed by atoms with Crippen molar-refractivity contribution in [3.63, 3.8) is 0 Å². The van der Waals surface area contributed by atoms with Gasteiger partial charge in [-0.05, 0) is 32.6 Å². The number of likely N-dealkylation sites (N-methyl/N-ethyl adjacent to an activating group) is 1. The average Bonchev–Trinajstić information content (AvgIpc) is 2.81. The third-order valence-electron chi connectivity index (χ3n) is 4.07. The second kappa shape index (κ2) is 4.56. The van der Waals surface area contributed by atoms with E-state index in [1.54, 1.807) is 11.0 Å². The molecule has 2 amide bonds. The molecule has 0 spiro atoms. The van der Waals surface area contributed by atoms with Gasteiger partial charge in [-0.1, -0.05) is 6.07 Å². The number of nitrogens with zero attached hydrogens (tertiary/aromatic N) is 2. The first-order chi connectivity index (χ1) is 9.49. The number of carbonyl (C=O) groups excluding carboxylic acids is 2. The molecule has 2 heterocycles. The molecule has 1 aromatic rings. The summed E-state index contributed by atoms with van der Waals surface area (Å²) in [4.78, 5) is 28.3. The Morgan fingerprint density at radius 2 is 2.10 bits per heavy atom. The predicted octanol–water partition coefficient (Wildman–Crippen LogP) is 0.922. The van der Waals surface area contributed by atoms with Gasteiger partial charge < -0.3 is 15.1 Å². The molecule has 1 fully saturated rings. The molecule has 0 aliphatic carbocycles. The first kappa shape index (κ1) is 13.1. The van der Waals surface area contributed by atoms with E-state index in [0.717, 1.165) is 0 Å². The molecule has 5 nitrogen and oxygen atoms in total. The lowest BCUT2D eigenvalue weighted by atomic mass is 10.1. The third-order valence-corrected chi connectivity index (χ3v) is 4.07. The van der Waals surface area contributed by atoms with Gasteiger partial charge in [-0.2, -0.15) is 0 Å². The van der Waals surface area contributed by atoms with Gasteiger partial charge in [0.1, 0.15) is 11.9 Å². The molecule has 1 N–H and O–H groups in total. The summed E-state index contributed by atoms with van der Waals surface area (Å²) in [6.45, 7) is 0.486. The Balaban J connectivity index is 2.03. The number of fused-ring (bicyclic) bond motifs is 2. The van der Waals surface area contributed by atoms with Crippen LogP contribution in [-0.2, 0) is 4.79 Å². The van der Waals surface area contributed by atoms with E-state index in [9.17, 15) is 14.0 Å². The van der Waals surface area contributed by atoms with E-state index in [1.165, 1.54) is 12.1 Å². The highest BCUT2D eigenvalue weighted by molar-refractivity contribution is 6.10. The Morgan fingerprint density at radius 3 is 2.80 bits per heavy atom. The van der Waals surface area contributed by atoms with Crippen LogP contribution in [0.1, 0.15) is 16.8 Å². The largest absolute Gasteiger partial charge is 0.325 e. The van der Waals surface area contributed by atoms with Crippen LogP contribution in [-0.4, -0.2) is 54.3 Å². The van der Waals surface area contributed by atoms with Gasteiger partial charge in [0.15, 0.2) is 0 Å². The quantitative estimate of drug-likeness (QED) is 0.830. The van der Waals surface area contributed by atoms with Crippen molar-refractivity contribution >= 4 is 17.5 Å². The minimum Gasteiger partial charge on any atom is -0.325 e. The minimum atomic E-state index is -0.575. The van der Waals surface area contributed by atoms with Crippen LogP contribution in [0, 0.1) is 5.82 Å². The van der Waals surface area contributed by atoms with Gasteiger partial charge in [-0.3, -0.25) is 9.59 Å². The molecule has 6 heteroatoms. The first-order valence-electron chi connectivity index (χ1n) is 6.56. The van der Waals surface area contributed by atoms with Gasteiger partial charge >= 0.3 is 0 Å². The highest BCUT2D eigenvalue weighted by atomic mass is 19.1. The molecule has 2 aliphatic rings. The number of anilines is 1. The van der Waals surface area contributed by atoms with Crippen LogP contribution in [0.2, 0.25) is 0 Å². The van der Waals surface area contributed by atoms with Crippen LogP contribution < -0.4 is 5.32 Å². The Labute approximate surface area is 116 Å². The number of carbonyl (C=O) groups is 2. The lowest BCUT2D eigenvalue weighted by Crippen LogP contribution is -2.40. The van der Waals surface area contributed by atoms with Gasteiger partial charge in [-0.15, -0.1) is 0 Å². The molecule has 1 aromatic carbocycles. The summed E-state index contributed by atoms with van der Waals surface area (Å²) in [5.41, 5.74) is 0.221. The average molecular weight is 277 g/mol. The summed E-state index contributed by atoms with van der Waals surface area (Å²) in [7, 11) is 3.85. The number of halogens is 1. The molecule has 2 aliphatic heterocycles. The molecule has 0 saturated carbocycles. The van der Waals surface area contributed by atoms with E-state index < -0.39 is 11.9 Å². The Hall–Kier alpha value is -1.95. The zero-order chi connectivity index (χ0) is 14.4. The standard InChI is InChI=1S/C14H16FN3O2/c1-17(2)8-6-11-13(19)16-12-9(4-3-5-10(12)15)14(20)18(11)7-8/h3-5,8,11H,6-7H2,1-2H3,(H,16,19)/t8-,11+/m1/s1. The van der Waals surface area contributed by atoms with Crippen molar-refractivity contribution in [2.75, 3.05) is 26.0 Å². The van der Waals surface area contributed by atoms with Gasteiger partial charge in [0.2, 0.25) is 5.91 Å². The maximum Gasteiger partial charge on any atom is 0.256 e. The number of nitrogens with one attached hydrogen (secondary N) is 1. The van der Waals surface area contributed by atoms with Gasteiger partial charge in [-0.25, -0.2) is 4.39 Å². The van der Waals surface area contributed by atoms with E-state index in [0.29, 0.717) is 13.0 Å². The normalized spacial score (nSPS) is 25.3. The van der Waals surface area contributed by atoms with E-state index in [1.807, 2.05) is 19.0 Å². The van der Waals surface area contributed by atoms with E-state index in [2.05, 4.69) is 5.32 Å². The second-order valence-corrected chi connectivity index (χ2v) is 5.48. The van der Waals surface area contributed by atoms with E-state index in [4.69, 9.17) is 0 Å². The molecule has 1 saturated heterocycles. The van der Waals surface area contributed by atoms with Crippen molar-refractivity contribution in [2.24, 2.45) is 0 Å².